The fourth-order valence-corrected chi connectivity index (χ4v) is 1.84. The molecule has 0 fully saturated rings. The predicted octanol–water partition coefficient (Wildman–Crippen LogP) is 5.02. The van der Waals surface area contributed by atoms with Crippen molar-refractivity contribution < 1.29 is 13.9 Å². The average molecular weight is 355 g/mol. The van der Waals surface area contributed by atoms with Gasteiger partial charge < -0.3 is 14.5 Å². The van der Waals surface area contributed by atoms with Crippen LogP contribution in [0.4, 0.5) is 4.79 Å². The molecule has 0 radical (unpaired) electrons. The van der Waals surface area contributed by atoms with Crippen LogP contribution in [0, 0.1) is 5.92 Å². The van der Waals surface area contributed by atoms with E-state index in [1.54, 1.807) is 18.6 Å². The number of halogens is 3. The highest BCUT2D eigenvalue weighted by atomic mass is 35.6. The minimum absolute atomic E-state index is 0.228. The molecule has 0 aliphatic rings. The van der Waals surface area contributed by atoms with Gasteiger partial charge in [-0.1, -0.05) is 47.8 Å². The van der Waals surface area contributed by atoms with Gasteiger partial charge >= 0.3 is 6.09 Å². The molecule has 118 valence electrons. The number of alkyl halides is 3. The van der Waals surface area contributed by atoms with E-state index in [0.29, 0.717) is 5.92 Å². The molecule has 0 unspecified atom stereocenters. The third kappa shape index (κ3) is 7.65. The van der Waals surface area contributed by atoms with Crippen LogP contribution in [0.5, 0.6) is 0 Å². The van der Waals surface area contributed by atoms with Gasteiger partial charge in [0.2, 0.25) is 3.79 Å². The third-order valence-corrected chi connectivity index (χ3v) is 3.24. The van der Waals surface area contributed by atoms with E-state index in [1.807, 2.05) is 6.08 Å². The summed E-state index contributed by atoms with van der Waals surface area (Å²) in [7, 11) is 0. The van der Waals surface area contributed by atoms with Gasteiger partial charge in [-0.05, 0) is 24.8 Å². The molecule has 1 amide bonds. The first kappa shape index (κ1) is 18.2. The van der Waals surface area contributed by atoms with Crippen molar-refractivity contribution in [3.8, 4) is 0 Å². The van der Waals surface area contributed by atoms with Crippen LogP contribution in [0.2, 0.25) is 0 Å². The highest BCUT2D eigenvalue weighted by molar-refractivity contribution is 6.67. The maximum Gasteiger partial charge on any atom is 0.407 e. The SMILES string of the molecule is C=C[C@H](C)CC[C@H](NC(=O)OCC(Cl)(Cl)Cl)c1ccoc1. The Morgan fingerprint density at radius 3 is 2.76 bits per heavy atom. The molecule has 1 rings (SSSR count). The monoisotopic (exact) mass is 353 g/mol. The van der Waals surface area contributed by atoms with Crippen molar-refractivity contribution in [3.05, 3.63) is 36.8 Å². The first-order valence-corrected chi connectivity index (χ1v) is 7.60. The molecule has 1 aromatic heterocycles. The molecule has 0 aliphatic heterocycles. The molecule has 0 bridgehead atoms. The summed E-state index contributed by atoms with van der Waals surface area (Å²) in [5.74, 6) is 0.346. The number of amides is 1. The smallest absolute Gasteiger partial charge is 0.407 e. The van der Waals surface area contributed by atoms with Crippen LogP contribution in [0.3, 0.4) is 0 Å². The molecule has 0 aromatic carbocycles. The zero-order valence-corrected chi connectivity index (χ0v) is 13.9. The summed E-state index contributed by atoms with van der Waals surface area (Å²) in [5, 5.41) is 2.74. The summed E-state index contributed by atoms with van der Waals surface area (Å²) >= 11 is 16.6. The van der Waals surface area contributed by atoms with Crippen molar-refractivity contribution in [2.45, 2.75) is 29.6 Å². The van der Waals surface area contributed by atoms with E-state index in [0.717, 1.165) is 18.4 Å². The van der Waals surface area contributed by atoms with E-state index in [1.165, 1.54) is 0 Å². The Bertz CT molecular complexity index is 443. The molecule has 0 aliphatic carbocycles. The minimum atomic E-state index is -1.63. The molecule has 4 nitrogen and oxygen atoms in total. The fraction of sp³-hybridized carbons (Fsp3) is 0.500. The largest absolute Gasteiger partial charge is 0.472 e. The first-order chi connectivity index (χ1) is 9.81. The Balaban J connectivity index is 2.57. The first-order valence-electron chi connectivity index (χ1n) is 6.46. The van der Waals surface area contributed by atoms with E-state index < -0.39 is 9.89 Å². The number of hydrogen-bond acceptors (Lipinski definition) is 3. The van der Waals surface area contributed by atoms with Gasteiger partial charge in [-0.15, -0.1) is 6.58 Å². The maximum atomic E-state index is 11.7. The van der Waals surface area contributed by atoms with Crippen LogP contribution in [-0.2, 0) is 4.74 Å². The van der Waals surface area contributed by atoms with Gasteiger partial charge in [-0.3, -0.25) is 0 Å². The van der Waals surface area contributed by atoms with Gasteiger partial charge in [0.05, 0.1) is 18.6 Å². The topological polar surface area (TPSA) is 51.5 Å². The lowest BCUT2D eigenvalue weighted by Crippen LogP contribution is -2.31. The Hall–Kier alpha value is -0.840. The van der Waals surface area contributed by atoms with Crippen LogP contribution in [0.15, 0.2) is 35.7 Å². The Kier molecular flexibility index (Phi) is 7.43. The highest BCUT2D eigenvalue weighted by Gasteiger charge is 2.23. The van der Waals surface area contributed by atoms with Crippen LogP contribution in [-0.4, -0.2) is 16.5 Å². The molecule has 1 N–H and O–H groups in total. The number of nitrogens with one attached hydrogen (secondary N) is 1. The van der Waals surface area contributed by atoms with E-state index in [2.05, 4.69) is 18.8 Å². The van der Waals surface area contributed by atoms with Crippen molar-refractivity contribution in [1.82, 2.24) is 5.32 Å². The molecule has 2 atom stereocenters. The lowest BCUT2D eigenvalue weighted by molar-refractivity contribution is 0.143. The van der Waals surface area contributed by atoms with Crippen molar-refractivity contribution in [2.24, 2.45) is 5.92 Å². The third-order valence-electron chi connectivity index (χ3n) is 2.92. The van der Waals surface area contributed by atoms with Crippen molar-refractivity contribution in [2.75, 3.05) is 6.61 Å². The zero-order chi connectivity index (χ0) is 15.9. The second-order valence-electron chi connectivity index (χ2n) is 4.74. The van der Waals surface area contributed by atoms with E-state index in [-0.39, 0.29) is 12.6 Å². The summed E-state index contributed by atoms with van der Waals surface area (Å²) in [6, 6.07) is 1.56. The lowest BCUT2D eigenvalue weighted by atomic mass is 9.98. The fourth-order valence-electron chi connectivity index (χ4n) is 1.67. The van der Waals surface area contributed by atoms with Gasteiger partial charge in [-0.2, -0.15) is 0 Å². The van der Waals surface area contributed by atoms with Crippen LogP contribution < -0.4 is 5.32 Å². The van der Waals surface area contributed by atoms with Gasteiger partial charge in [0, 0.05) is 5.56 Å². The molecule has 21 heavy (non-hydrogen) atoms. The number of allylic oxidation sites excluding steroid dienone is 1. The second-order valence-corrected chi connectivity index (χ2v) is 7.25. The van der Waals surface area contributed by atoms with Crippen molar-refractivity contribution in [1.29, 1.82) is 0 Å². The lowest BCUT2D eigenvalue weighted by Gasteiger charge is -2.19. The average Bonchev–Trinajstić information content (AvgIpc) is 2.93. The molecular weight excluding hydrogens is 337 g/mol. The summed E-state index contributed by atoms with van der Waals surface area (Å²) < 4.78 is 8.30. The Labute approximate surface area is 139 Å². The van der Waals surface area contributed by atoms with Crippen LogP contribution in [0.1, 0.15) is 31.4 Å². The zero-order valence-electron chi connectivity index (χ0n) is 11.7. The Morgan fingerprint density at radius 1 is 1.52 bits per heavy atom. The minimum Gasteiger partial charge on any atom is -0.472 e. The van der Waals surface area contributed by atoms with Crippen LogP contribution >= 0.6 is 34.8 Å². The maximum absolute atomic E-state index is 11.7. The summed E-state index contributed by atoms with van der Waals surface area (Å²) in [6.07, 6.45) is 5.94. The molecule has 0 saturated heterocycles. The molecule has 1 heterocycles. The van der Waals surface area contributed by atoms with E-state index >= 15 is 0 Å². The van der Waals surface area contributed by atoms with E-state index in [4.69, 9.17) is 44.0 Å². The van der Waals surface area contributed by atoms with Gasteiger partial charge in [0.15, 0.2) is 0 Å². The van der Waals surface area contributed by atoms with Crippen molar-refractivity contribution in [3.63, 3.8) is 0 Å². The summed E-state index contributed by atoms with van der Waals surface area (Å²) in [5.41, 5.74) is 0.858. The van der Waals surface area contributed by atoms with Gasteiger partial charge in [0.1, 0.15) is 6.61 Å². The van der Waals surface area contributed by atoms with Gasteiger partial charge in [0.25, 0.3) is 0 Å². The number of rotatable bonds is 7. The predicted molar refractivity (Wildman–Crippen MR) is 84.8 cm³/mol. The molecular formula is C14H18Cl3NO3. The van der Waals surface area contributed by atoms with Crippen molar-refractivity contribution >= 4 is 40.9 Å². The quantitative estimate of drug-likeness (QED) is 0.552. The number of carbonyl (C=O) groups excluding carboxylic acids is 1. The molecule has 1 aromatic rings. The number of alkyl carbamates (subject to hydrolysis) is 1. The molecule has 7 heteroatoms. The number of carbonyl (C=O) groups is 1. The Morgan fingerprint density at radius 2 is 2.24 bits per heavy atom. The number of furan rings is 1. The summed E-state index contributed by atoms with van der Waals surface area (Å²) in [4.78, 5) is 11.7. The van der Waals surface area contributed by atoms with Gasteiger partial charge in [-0.25, -0.2) is 4.79 Å². The summed E-state index contributed by atoms with van der Waals surface area (Å²) in [6.45, 7) is 5.49. The normalized spacial score (nSPS) is 14.3. The van der Waals surface area contributed by atoms with Crippen LogP contribution in [0.25, 0.3) is 0 Å². The number of hydrogen-bond donors (Lipinski definition) is 1. The molecule has 0 saturated carbocycles. The highest BCUT2D eigenvalue weighted by Crippen LogP contribution is 2.26. The molecule has 0 spiro atoms. The second kappa shape index (κ2) is 8.57. The van der Waals surface area contributed by atoms with E-state index in [9.17, 15) is 4.79 Å². The standard InChI is InChI=1S/C14H18Cl3NO3/c1-3-10(2)4-5-12(11-6-7-20-8-11)18-13(19)21-9-14(15,16)17/h3,6-8,10,12H,1,4-5,9H2,2H3,(H,18,19)/t10-,12-/m0/s1. The number of ether oxygens (including phenoxy) is 1.